The van der Waals surface area contributed by atoms with Crippen molar-refractivity contribution in [3.63, 3.8) is 0 Å². The largest absolute Gasteiger partial charge is 0.505 e. The van der Waals surface area contributed by atoms with Gasteiger partial charge < -0.3 is 15.1 Å². The van der Waals surface area contributed by atoms with E-state index in [1.165, 1.54) is 12.3 Å². The first-order chi connectivity index (χ1) is 7.58. The number of likely N-dealkylation sites (tertiary alicyclic amines) is 1. The van der Waals surface area contributed by atoms with Gasteiger partial charge in [-0.05, 0) is 26.1 Å². The Labute approximate surface area is 93.3 Å². The summed E-state index contributed by atoms with van der Waals surface area (Å²) >= 11 is 0. The van der Waals surface area contributed by atoms with Crippen LogP contribution in [0.15, 0.2) is 12.3 Å². The summed E-state index contributed by atoms with van der Waals surface area (Å²) in [4.78, 5) is 17.1. The van der Waals surface area contributed by atoms with E-state index in [0.29, 0.717) is 0 Å². The lowest BCUT2D eigenvalue weighted by molar-refractivity contribution is 0.0693. The van der Waals surface area contributed by atoms with Gasteiger partial charge >= 0.3 is 5.97 Å². The minimum Gasteiger partial charge on any atom is -0.505 e. The van der Waals surface area contributed by atoms with Crippen molar-refractivity contribution in [1.82, 2.24) is 9.88 Å². The number of aromatic nitrogens is 1. The van der Waals surface area contributed by atoms with Crippen LogP contribution in [0.25, 0.3) is 0 Å². The van der Waals surface area contributed by atoms with E-state index in [9.17, 15) is 9.90 Å². The highest BCUT2D eigenvalue weighted by atomic mass is 16.4. The molecule has 1 aromatic rings. The smallest absolute Gasteiger partial charge is 0.339 e. The Balaban J connectivity index is 2.29. The fraction of sp³-hybridized carbons (Fsp3) is 0.455. The molecule has 5 nitrogen and oxygen atoms in total. The molecule has 1 atom stereocenters. The minimum absolute atomic E-state index is 0.0699. The fourth-order valence-electron chi connectivity index (χ4n) is 2.04. The van der Waals surface area contributed by atoms with Crippen LogP contribution in [-0.2, 0) is 0 Å². The van der Waals surface area contributed by atoms with E-state index in [0.717, 1.165) is 25.2 Å². The van der Waals surface area contributed by atoms with Gasteiger partial charge in [0.2, 0.25) is 0 Å². The predicted molar refractivity (Wildman–Crippen MR) is 57.7 cm³/mol. The Morgan fingerprint density at radius 2 is 2.38 bits per heavy atom. The zero-order chi connectivity index (χ0) is 11.7. The van der Waals surface area contributed by atoms with Crippen LogP contribution in [0.4, 0.5) is 0 Å². The van der Waals surface area contributed by atoms with Crippen LogP contribution < -0.4 is 0 Å². The average Bonchev–Trinajstić information content (AvgIpc) is 2.65. The van der Waals surface area contributed by atoms with Crippen LogP contribution in [0.1, 0.15) is 28.4 Å². The fourth-order valence-corrected chi connectivity index (χ4v) is 2.04. The Hall–Kier alpha value is -1.62. The molecule has 1 aliphatic heterocycles. The second-order valence-electron chi connectivity index (χ2n) is 4.18. The molecule has 2 heterocycles. The summed E-state index contributed by atoms with van der Waals surface area (Å²) in [6.07, 6.45) is 2.20. The molecule has 0 radical (unpaired) electrons. The summed E-state index contributed by atoms with van der Waals surface area (Å²) in [6.45, 7) is 1.88. The van der Waals surface area contributed by atoms with Crippen LogP contribution >= 0.6 is 0 Å². The lowest BCUT2D eigenvalue weighted by Gasteiger charge is -2.10. The SMILES string of the molecule is CN1CCC(c2cc(C(=O)O)c(O)cn2)C1. The molecule has 0 aliphatic carbocycles. The van der Waals surface area contributed by atoms with Gasteiger partial charge in [0.25, 0.3) is 0 Å². The number of pyridine rings is 1. The van der Waals surface area contributed by atoms with Gasteiger partial charge in [0.15, 0.2) is 0 Å². The summed E-state index contributed by atoms with van der Waals surface area (Å²) in [5, 5.41) is 18.2. The first-order valence-corrected chi connectivity index (χ1v) is 5.18. The second kappa shape index (κ2) is 4.09. The molecule has 2 N–H and O–H groups in total. The number of carbonyl (C=O) groups is 1. The highest BCUT2D eigenvalue weighted by Crippen LogP contribution is 2.27. The second-order valence-corrected chi connectivity index (χ2v) is 4.18. The van der Waals surface area contributed by atoms with Gasteiger partial charge in [-0.1, -0.05) is 0 Å². The van der Waals surface area contributed by atoms with Crippen LogP contribution in [0.5, 0.6) is 5.75 Å². The van der Waals surface area contributed by atoms with Crippen LogP contribution in [0.2, 0.25) is 0 Å². The van der Waals surface area contributed by atoms with Gasteiger partial charge in [0.05, 0.1) is 6.20 Å². The highest BCUT2D eigenvalue weighted by Gasteiger charge is 2.23. The zero-order valence-corrected chi connectivity index (χ0v) is 9.05. The van der Waals surface area contributed by atoms with Crippen molar-refractivity contribution in [1.29, 1.82) is 0 Å². The van der Waals surface area contributed by atoms with Gasteiger partial charge in [-0.3, -0.25) is 4.98 Å². The van der Waals surface area contributed by atoms with E-state index in [4.69, 9.17) is 5.11 Å². The molecule has 16 heavy (non-hydrogen) atoms. The maximum atomic E-state index is 10.9. The molecule has 1 fully saturated rings. The molecule has 0 saturated carbocycles. The number of carboxylic acids is 1. The van der Waals surface area contributed by atoms with Crippen LogP contribution in [0, 0.1) is 0 Å². The van der Waals surface area contributed by atoms with Gasteiger partial charge in [-0.2, -0.15) is 0 Å². The summed E-state index contributed by atoms with van der Waals surface area (Å²) < 4.78 is 0. The van der Waals surface area contributed by atoms with Crippen molar-refractivity contribution < 1.29 is 15.0 Å². The molecule has 2 rings (SSSR count). The van der Waals surface area contributed by atoms with Crippen LogP contribution in [0.3, 0.4) is 0 Å². The Morgan fingerprint density at radius 1 is 1.62 bits per heavy atom. The van der Waals surface area contributed by atoms with Crippen molar-refractivity contribution in [3.05, 3.63) is 23.5 Å². The van der Waals surface area contributed by atoms with E-state index >= 15 is 0 Å². The lowest BCUT2D eigenvalue weighted by Crippen LogP contribution is -2.14. The normalized spacial score (nSPS) is 21.2. The van der Waals surface area contributed by atoms with Gasteiger partial charge in [0.1, 0.15) is 11.3 Å². The molecule has 1 aliphatic rings. The van der Waals surface area contributed by atoms with Gasteiger partial charge in [-0.15, -0.1) is 0 Å². The van der Waals surface area contributed by atoms with E-state index < -0.39 is 5.97 Å². The van der Waals surface area contributed by atoms with Crippen molar-refractivity contribution in [3.8, 4) is 5.75 Å². The third kappa shape index (κ3) is 1.99. The molecule has 1 unspecified atom stereocenters. The maximum Gasteiger partial charge on any atom is 0.339 e. The van der Waals surface area contributed by atoms with Crippen LogP contribution in [-0.4, -0.2) is 46.2 Å². The molecule has 0 bridgehead atoms. The van der Waals surface area contributed by atoms with E-state index in [1.807, 2.05) is 7.05 Å². The molecule has 1 aromatic heterocycles. The first kappa shape index (κ1) is 10.9. The van der Waals surface area contributed by atoms with E-state index in [1.54, 1.807) is 0 Å². The van der Waals surface area contributed by atoms with E-state index in [2.05, 4.69) is 9.88 Å². The third-order valence-electron chi connectivity index (χ3n) is 2.94. The highest BCUT2D eigenvalue weighted by molar-refractivity contribution is 5.90. The molecule has 86 valence electrons. The zero-order valence-electron chi connectivity index (χ0n) is 9.05. The molecular formula is C11H14N2O3. The van der Waals surface area contributed by atoms with Crippen molar-refractivity contribution >= 4 is 5.97 Å². The van der Waals surface area contributed by atoms with Gasteiger partial charge in [-0.25, -0.2) is 4.79 Å². The number of carboxylic acid groups (broad SMARTS) is 1. The Kier molecular flexibility index (Phi) is 2.78. The number of aromatic carboxylic acids is 1. The molecular weight excluding hydrogens is 208 g/mol. The van der Waals surface area contributed by atoms with Crippen molar-refractivity contribution in [2.24, 2.45) is 0 Å². The maximum absolute atomic E-state index is 10.9. The number of hydrogen-bond acceptors (Lipinski definition) is 4. The first-order valence-electron chi connectivity index (χ1n) is 5.18. The summed E-state index contributed by atoms with van der Waals surface area (Å²) in [5.41, 5.74) is 0.680. The Bertz CT molecular complexity index is 420. The number of nitrogens with zero attached hydrogens (tertiary/aromatic N) is 2. The molecule has 1 saturated heterocycles. The monoisotopic (exact) mass is 222 g/mol. The number of hydrogen-bond donors (Lipinski definition) is 2. The standard InChI is InChI=1S/C11H14N2O3/c1-13-3-2-7(6-13)9-4-8(11(15)16)10(14)5-12-9/h4-5,7,14H,2-3,6H2,1H3,(H,15,16). The molecule has 5 heteroatoms. The van der Waals surface area contributed by atoms with E-state index in [-0.39, 0.29) is 17.2 Å². The topological polar surface area (TPSA) is 73.7 Å². The van der Waals surface area contributed by atoms with Crippen molar-refractivity contribution in [2.45, 2.75) is 12.3 Å². The number of likely N-dealkylation sites (N-methyl/N-ethyl adjacent to an activating group) is 1. The lowest BCUT2D eigenvalue weighted by atomic mass is 10.0. The average molecular weight is 222 g/mol. The molecule has 0 aromatic carbocycles. The predicted octanol–water partition coefficient (Wildman–Crippen LogP) is 0.904. The quantitative estimate of drug-likeness (QED) is 0.777. The van der Waals surface area contributed by atoms with Gasteiger partial charge in [0, 0.05) is 18.2 Å². The minimum atomic E-state index is -1.12. The Morgan fingerprint density at radius 3 is 2.94 bits per heavy atom. The molecule has 0 amide bonds. The van der Waals surface area contributed by atoms with Crippen molar-refractivity contribution in [2.75, 3.05) is 20.1 Å². The summed E-state index contributed by atoms with van der Waals surface area (Å²) in [5.74, 6) is -1.13. The third-order valence-corrected chi connectivity index (χ3v) is 2.94. The number of rotatable bonds is 2. The summed E-state index contributed by atoms with van der Waals surface area (Å²) in [7, 11) is 2.03. The molecule has 0 spiro atoms. The summed E-state index contributed by atoms with van der Waals surface area (Å²) in [6, 6.07) is 1.47. The number of aromatic hydroxyl groups is 1.